The zero-order chi connectivity index (χ0) is 43.4. The number of phenolic OH excluding ortho intramolecular Hbond substituents is 1. The van der Waals surface area contributed by atoms with Gasteiger partial charge in [0.2, 0.25) is 11.5 Å². The summed E-state index contributed by atoms with van der Waals surface area (Å²) in [6.07, 6.45) is 5.33. The summed E-state index contributed by atoms with van der Waals surface area (Å²) in [5.74, 6) is -0.157. The van der Waals surface area contributed by atoms with Crippen LogP contribution < -0.4 is 21.1 Å². The molecule has 0 bridgehead atoms. The van der Waals surface area contributed by atoms with Crippen LogP contribution in [0.2, 0.25) is 0 Å². The molecule has 6 aromatic rings. The van der Waals surface area contributed by atoms with Gasteiger partial charge >= 0.3 is 6.09 Å². The van der Waals surface area contributed by atoms with E-state index in [-0.39, 0.29) is 29.8 Å². The lowest BCUT2D eigenvalue weighted by Gasteiger charge is -2.39. The number of hydrogen-bond donors (Lipinski definition) is 6. The molecular weight excluding hydrogens is 779 g/mol. The number of aliphatic hydroxyl groups excluding tert-OH is 1. The molecule has 0 unspecified atom stereocenters. The van der Waals surface area contributed by atoms with Crippen molar-refractivity contribution in [3.63, 3.8) is 0 Å². The number of carbonyl (C=O) groups is 2. The first-order valence-corrected chi connectivity index (χ1v) is 21.7. The van der Waals surface area contributed by atoms with E-state index in [1.54, 1.807) is 17.0 Å². The second-order valence-electron chi connectivity index (χ2n) is 16.4. The number of phenols is 1. The number of H-pyrrole nitrogens is 1. The summed E-state index contributed by atoms with van der Waals surface area (Å²) in [7, 11) is 2.20. The van der Waals surface area contributed by atoms with Crippen LogP contribution in [0.5, 0.6) is 5.75 Å². The van der Waals surface area contributed by atoms with Gasteiger partial charge in [0.25, 0.3) is 0 Å². The standard InChI is InChI=1S/C51H57N5O6/c1-55(31-9-13-35-10-4-2-5-11-35)40-22-24-41(25-23-40)56(51(61)62)45-32-36(19-26-42(45)38-14-6-3-7-15-38)12-8-16-48(59)53-39-20-17-37(18-21-39)33-52-34-47(58)43-27-29-46(57)50-44(43)28-30-49(60)54-50/h2-7,10-11,14-15,17-21,26-30,32,40-41,47,52,57-58H,8-9,12-13,16,22-25,31,33-34H2,1H3,(H,53,59)(H,54,60)(H,61,62)/t40-,41-,47-/m0/s1. The van der Waals surface area contributed by atoms with E-state index >= 15 is 0 Å². The maximum absolute atomic E-state index is 13.1. The minimum atomic E-state index is -0.944. The lowest BCUT2D eigenvalue weighted by molar-refractivity contribution is -0.116. The molecule has 1 heterocycles. The largest absolute Gasteiger partial charge is 0.506 e. The molecule has 0 saturated heterocycles. The molecule has 0 spiro atoms. The summed E-state index contributed by atoms with van der Waals surface area (Å²) < 4.78 is 0. The quantitative estimate of drug-likeness (QED) is 0.0501. The molecule has 1 aromatic heterocycles. The highest BCUT2D eigenvalue weighted by Crippen LogP contribution is 2.37. The van der Waals surface area contributed by atoms with Gasteiger partial charge in [-0.2, -0.15) is 0 Å². The fraction of sp³-hybridized carbons (Fsp3) is 0.314. The number of anilines is 2. The van der Waals surface area contributed by atoms with Gasteiger partial charge in [0.05, 0.1) is 17.3 Å². The molecule has 1 aliphatic rings. The van der Waals surface area contributed by atoms with Crippen molar-refractivity contribution in [1.29, 1.82) is 0 Å². The smallest absolute Gasteiger partial charge is 0.412 e. The predicted molar refractivity (Wildman–Crippen MR) is 247 cm³/mol. The molecule has 1 saturated carbocycles. The number of aromatic amines is 1. The van der Waals surface area contributed by atoms with Crippen LogP contribution in [-0.2, 0) is 24.2 Å². The number of rotatable bonds is 18. The van der Waals surface area contributed by atoms with Crippen molar-refractivity contribution in [2.24, 2.45) is 0 Å². The minimum Gasteiger partial charge on any atom is -0.506 e. The van der Waals surface area contributed by atoms with Gasteiger partial charge in [0.1, 0.15) is 5.75 Å². The summed E-state index contributed by atoms with van der Waals surface area (Å²) in [6.45, 7) is 1.74. The van der Waals surface area contributed by atoms with E-state index in [1.807, 2.05) is 78.9 Å². The van der Waals surface area contributed by atoms with Gasteiger partial charge in [-0.3, -0.25) is 14.5 Å². The predicted octanol–water partition coefficient (Wildman–Crippen LogP) is 9.05. The fourth-order valence-corrected chi connectivity index (χ4v) is 8.76. The Labute approximate surface area is 363 Å². The summed E-state index contributed by atoms with van der Waals surface area (Å²) >= 11 is 0. The number of pyridine rings is 1. The van der Waals surface area contributed by atoms with Crippen molar-refractivity contribution < 1.29 is 24.9 Å². The minimum absolute atomic E-state index is 0.0570. The Morgan fingerprint density at radius 1 is 0.774 bits per heavy atom. The molecule has 62 heavy (non-hydrogen) atoms. The average Bonchev–Trinajstić information content (AvgIpc) is 3.28. The first kappa shape index (κ1) is 43.8. The van der Waals surface area contributed by atoms with E-state index in [0.717, 1.165) is 67.3 Å². The number of benzene rings is 5. The van der Waals surface area contributed by atoms with Crippen LogP contribution in [0.1, 0.15) is 73.3 Å². The lowest BCUT2D eigenvalue weighted by atomic mass is 9.88. The third-order valence-electron chi connectivity index (χ3n) is 12.1. The van der Waals surface area contributed by atoms with Gasteiger partial charge in [-0.15, -0.1) is 0 Å². The van der Waals surface area contributed by atoms with E-state index in [9.17, 15) is 29.7 Å². The zero-order valence-electron chi connectivity index (χ0n) is 35.3. The summed E-state index contributed by atoms with van der Waals surface area (Å²) in [5, 5.41) is 38.6. The van der Waals surface area contributed by atoms with Crippen molar-refractivity contribution in [2.45, 2.75) is 82.5 Å². The number of carboxylic acid groups (broad SMARTS) is 1. The molecule has 5 aromatic carbocycles. The Bertz CT molecular complexity index is 2470. The Morgan fingerprint density at radius 3 is 2.18 bits per heavy atom. The molecule has 1 atom stereocenters. The molecule has 0 aliphatic heterocycles. The van der Waals surface area contributed by atoms with Crippen molar-refractivity contribution in [3.05, 3.63) is 160 Å². The first-order chi connectivity index (χ1) is 30.1. The number of aryl methyl sites for hydroxylation is 2. The van der Waals surface area contributed by atoms with Gasteiger partial charge in [0.15, 0.2) is 0 Å². The van der Waals surface area contributed by atoms with Crippen LogP contribution in [0.15, 0.2) is 132 Å². The lowest BCUT2D eigenvalue weighted by Crippen LogP contribution is -2.45. The third kappa shape index (κ3) is 11.3. The molecule has 1 aliphatic carbocycles. The van der Waals surface area contributed by atoms with Gasteiger partial charge in [-0.05, 0) is 123 Å². The molecule has 11 nitrogen and oxygen atoms in total. The van der Waals surface area contributed by atoms with Crippen LogP contribution in [0, 0.1) is 0 Å². The van der Waals surface area contributed by atoms with Crippen LogP contribution in [0.25, 0.3) is 22.0 Å². The van der Waals surface area contributed by atoms with Gasteiger partial charge in [0, 0.05) is 54.3 Å². The Morgan fingerprint density at radius 2 is 1.45 bits per heavy atom. The number of hydrogen-bond acceptors (Lipinski definition) is 7. The van der Waals surface area contributed by atoms with Crippen molar-refractivity contribution in [3.8, 4) is 16.9 Å². The zero-order valence-corrected chi connectivity index (χ0v) is 35.3. The van der Waals surface area contributed by atoms with Crippen LogP contribution >= 0.6 is 0 Å². The van der Waals surface area contributed by atoms with Crippen LogP contribution in [0.3, 0.4) is 0 Å². The molecule has 2 amide bonds. The Kier molecular flexibility index (Phi) is 14.8. The SMILES string of the molecule is CN(CCCc1ccccc1)[C@H]1CC[C@H](N(C(=O)O)c2cc(CCCC(=O)Nc3ccc(CNC[C@H](O)c4ccc(O)c5[nH]c(=O)ccc45)cc3)ccc2-c2ccccc2)CC1. The van der Waals surface area contributed by atoms with Gasteiger partial charge < -0.3 is 35.8 Å². The maximum Gasteiger partial charge on any atom is 0.412 e. The van der Waals surface area contributed by atoms with Crippen molar-refractivity contribution in [2.75, 3.05) is 30.4 Å². The van der Waals surface area contributed by atoms with Gasteiger partial charge in [-0.1, -0.05) is 91.0 Å². The summed E-state index contributed by atoms with van der Waals surface area (Å²) in [4.78, 5) is 44.6. The van der Waals surface area contributed by atoms with Gasteiger partial charge in [-0.25, -0.2) is 4.79 Å². The highest BCUT2D eigenvalue weighted by molar-refractivity contribution is 5.94. The number of nitrogens with one attached hydrogen (secondary N) is 3. The molecular formula is C51H57N5O6. The summed E-state index contributed by atoms with van der Waals surface area (Å²) in [5.41, 5.74) is 7.09. The molecule has 1 fully saturated rings. The monoisotopic (exact) mass is 835 g/mol. The van der Waals surface area contributed by atoms with E-state index in [2.05, 4.69) is 51.8 Å². The topological polar surface area (TPSA) is 158 Å². The third-order valence-corrected chi connectivity index (χ3v) is 12.1. The number of carbonyl (C=O) groups excluding carboxylic acids is 1. The highest BCUT2D eigenvalue weighted by Gasteiger charge is 2.32. The Hall–Kier alpha value is -6.27. The van der Waals surface area contributed by atoms with E-state index in [1.165, 1.54) is 17.7 Å². The van der Waals surface area contributed by atoms with Crippen LogP contribution in [-0.4, -0.2) is 69.4 Å². The highest BCUT2D eigenvalue weighted by atomic mass is 16.4. The van der Waals surface area contributed by atoms with Crippen molar-refractivity contribution >= 4 is 34.3 Å². The van der Waals surface area contributed by atoms with E-state index in [0.29, 0.717) is 59.7 Å². The second kappa shape index (κ2) is 21.0. The number of amides is 2. The molecule has 11 heteroatoms. The number of nitrogens with zero attached hydrogens (tertiary/aromatic N) is 2. The summed E-state index contributed by atoms with van der Waals surface area (Å²) in [6, 6.07) is 40.5. The van der Waals surface area contributed by atoms with Crippen molar-refractivity contribution in [1.82, 2.24) is 15.2 Å². The normalized spacial score (nSPS) is 15.7. The maximum atomic E-state index is 13.1. The molecule has 6 N–H and O–H groups in total. The van der Waals surface area contributed by atoms with E-state index in [4.69, 9.17) is 0 Å². The van der Waals surface area contributed by atoms with E-state index < -0.39 is 12.2 Å². The molecule has 0 radical (unpaired) electrons. The molecule has 7 rings (SSSR count). The fourth-order valence-electron chi connectivity index (χ4n) is 8.76. The number of aliphatic hydroxyl groups is 1. The average molecular weight is 836 g/mol. The van der Waals surface area contributed by atoms with Crippen LogP contribution in [0.4, 0.5) is 16.2 Å². The first-order valence-electron chi connectivity index (χ1n) is 21.7. The molecule has 322 valence electrons. The number of fused-ring (bicyclic) bond motifs is 1. The number of aromatic hydroxyl groups is 1. The number of aromatic nitrogens is 1. The Balaban J connectivity index is 0.910. The second-order valence-corrected chi connectivity index (χ2v) is 16.4.